The van der Waals surface area contributed by atoms with E-state index in [-0.39, 0.29) is 6.61 Å². The summed E-state index contributed by atoms with van der Waals surface area (Å²) < 4.78 is 4.73. The van der Waals surface area contributed by atoms with Crippen LogP contribution in [0.15, 0.2) is 0 Å². The van der Waals surface area contributed by atoms with Crippen LogP contribution in [-0.4, -0.2) is 23.7 Å². The summed E-state index contributed by atoms with van der Waals surface area (Å²) in [6.07, 6.45) is 0.614. The molecule has 0 saturated heterocycles. The maximum absolute atomic E-state index is 11.4. The SMILES string of the molecule is CCOC(=O)[C@H](C(=O)O)C(C)(C)CC. The van der Waals surface area contributed by atoms with Crippen LogP contribution in [0.4, 0.5) is 0 Å². The van der Waals surface area contributed by atoms with Crippen molar-refractivity contribution in [3.05, 3.63) is 0 Å². The monoisotopic (exact) mass is 202 g/mol. The van der Waals surface area contributed by atoms with Crippen LogP contribution >= 0.6 is 0 Å². The highest BCUT2D eigenvalue weighted by Gasteiger charge is 2.40. The van der Waals surface area contributed by atoms with Crippen molar-refractivity contribution in [1.29, 1.82) is 0 Å². The quantitative estimate of drug-likeness (QED) is 0.544. The van der Waals surface area contributed by atoms with Crippen LogP contribution in [-0.2, 0) is 14.3 Å². The maximum atomic E-state index is 11.4. The van der Waals surface area contributed by atoms with Gasteiger partial charge in [0, 0.05) is 0 Å². The predicted octanol–water partition coefficient (Wildman–Crippen LogP) is 1.69. The van der Waals surface area contributed by atoms with E-state index in [2.05, 4.69) is 0 Å². The number of carboxylic acids is 1. The van der Waals surface area contributed by atoms with Crippen molar-refractivity contribution in [2.75, 3.05) is 6.61 Å². The van der Waals surface area contributed by atoms with Gasteiger partial charge in [0.2, 0.25) is 0 Å². The summed E-state index contributed by atoms with van der Waals surface area (Å²) in [5.41, 5.74) is -0.571. The zero-order valence-corrected chi connectivity index (χ0v) is 9.16. The lowest BCUT2D eigenvalue weighted by atomic mass is 9.77. The van der Waals surface area contributed by atoms with Crippen LogP contribution in [0.5, 0.6) is 0 Å². The second-order valence-electron chi connectivity index (χ2n) is 3.87. The minimum Gasteiger partial charge on any atom is -0.481 e. The van der Waals surface area contributed by atoms with Crippen molar-refractivity contribution in [2.45, 2.75) is 34.1 Å². The minimum atomic E-state index is -1.12. The Morgan fingerprint density at radius 1 is 1.36 bits per heavy atom. The van der Waals surface area contributed by atoms with Gasteiger partial charge in [-0.05, 0) is 18.8 Å². The molecule has 0 unspecified atom stereocenters. The summed E-state index contributed by atoms with van der Waals surface area (Å²) in [4.78, 5) is 22.3. The molecule has 0 aromatic carbocycles. The van der Waals surface area contributed by atoms with Crippen LogP contribution in [0.2, 0.25) is 0 Å². The molecule has 0 amide bonds. The van der Waals surface area contributed by atoms with Gasteiger partial charge < -0.3 is 9.84 Å². The fourth-order valence-corrected chi connectivity index (χ4v) is 1.18. The van der Waals surface area contributed by atoms with Gasteiger partial charge in [0.1, 0.15) is 0 Å². The third kappa shape index (κ3) is 3.01. The van der Waals surface area contributed by atoms with E-state index in [4.69, 9.17) is 9.84 Å². The van der Waals surface area contributed by atoms with Gasteiger partial charge in [0.05, 0.1) is 6.61 Å². The molecule has 0 aromatic heterocycles. The molecular formula is C10H18O4. The number of carboxylic acid groups (broad SMARTS) is 1. The highest BCUT2D eigenvalue weighted by molar-refractivity contribution is 5.94. The van der Waals surface area contributed by atoms with Crippen LogP contribution in [0.3, 0.4) is 0 Å². The summed E-state index contributed by atoms with van der Waals surface area (Å²) in [6.45, 7) is 7.23. The first-order valence-corrected chi connectivity index (χ1v) is 4.76. The lowest BCUT2D eigenvalue weighted by Crippen LogP contribution is -2.38. The van der Waals surface area contributed by atoms with Crippen molar-refractivity contribution in [2.24, 2.45) is 11.3 Å². The molecule has 0 spiro atoms. The van der Waals surface area contributed by atoms with Crippen LogP contribution < -0.4 is 0 Å². The van der Waals surface area contributed by atoms with E-state index in [0.717, 1.165) is 0 Å². The van der Waals surface area contributed by atoms with E-state index in [1.165, 1.54) is 0 Å². The number of hydrogen-bond donors (Lipinski definition) is 1. The van der Waals surface area contributed by atoms with E-state index < -0.39 is 23.3 Å². The second kappa shape index (κ2) is 4.98. The molecule has 14 heavy (non-hydrogen) atoms. The Hall–Kier alpha value is -1.06. The van der Waals surface area contributed by atoms with E-state index in [1.807, 2.05) is 6.92 Å². The van der Waals surface area contributed by atoms with Gasteiger partial charge in [0.15, 0.2) is 5.92 Å². The standard InChI is InChI=1S/C10H18O4/c1-5-10(3,4)7(8(11)12)9(13)14-6-2/h7H,5-6H2,1-4H3,(H,11,12)/t7-/m0/s1. The summed E-state index contributed by atoms with van der Waals surface area (Å²) in [5.74, 6) is -2.84. The van der Waals surface area contributed by atoms with E-state index in [1.54, 1.807) is 20.8 Å². The Balaban J connectivity index is 4.77. The highest BCUT2D eigenvalue weighted by atomic mass is 16.5. The van der Waals surface area contributed by atoms with Crippen molar-refractivity contribution < 1.29 is 19.4 Å². The smallest absolute Gasteiger partial charge is 0.320 e. The summed E-state index contributed by atoms with van der Waals surface area (Å²) in [5, 5.41) is 8.94. The van der Waals surface area contributed by atoms with Crippen LogP contribution in [0.25, 0.3) is 0 Å². The Bertz CT molecular complexity index is 220. The lowest BCUT2D eigenvalue weighted by molar-refractivity contribution is -0.164. The molecule has 0 aliphatic carbocycles. The number of carbonyl (C=O) groups excluding carboxylic acids is 1. The summed E-state index contributed by atoms with van der Waals surface area (Å²) >= 11 is 0. The zero-order valence-electron chi connectivity index (χ0n) is 9.16. The molecule has 1 atom stereocenters. The Morgan fingerprint density at radius 2 is 1.86 bits per heavy atom. The average molecular weight is 202 g/mol. The molecule has 0 rings (SSSR count). The van der Waals surface area contributed by atoms with Gasteiger partial charge in [0.25, 0.3) is 0 Å². The molecule has 82 valence electrons. The molecule has 0 saturated carbocycles. The highest BCUT2D eigenvalue weighted by Crippen LogP contribution is 2.31. The molecule has 4 nitrogen and oxygen atoms in total. The van der Waals surface area contributed by atoms with Gasteiger partial charge in [-0.2, -0.15) is 0 Å². The molecule has 0 heterocycles. The van der Waals surface area contributed by atoms with Gasteiger partial charge in [-0.15, -0.1) is 0 Å². The van der Waals surface area contributed by atoms with Gasteiger partial charge in [-0.3, -0.25) is 9.59 Å². The fraction of sp³-hybridized carbons (Fsp3) is 0.800. The lowest BCUT2D eigenvalue weighted by Gasteiger charge is -2.28. The maximum Gasteiger partial charge on any atom is 0.320 e. The molecule has 0 aliphatic heterocycles. The van der Waals surface area contributed by atoms with E-state index in [9.17, 15) is 9.59 Å². The number of esters is 1. The van der Waals surface area contributed by atoms with Gasteiger partial charge in [-0.25, -0.2) is 0 Å². The number of carbonyl (C=O) groups is 2. The second-order valence-corrected chi connectivity index (χ2v) is 3.87. The minimum absolute atomic E-state index is 0.211. The number of rotatable bonds is 5. The topological polar surface area (TPSA) is 63.6 Å². The van der Waals surface area contributed by atoms with E-state index >= 15 is 0 Å². The largest absolute Gasteiger partial charge is 0.481 e. The number of ether oxygens (including phenoxy) is 1. The molecule has 0 radical (unpaired) electrons. The first-order chi connectivity index (χ1) is 6.36. The third-order valence-corrected chi connectivity index (χ3v) is 2.46. The van der Waals surface area contributed by atoms with Gasteiger partial charge >= 0.3 is 11.9 Å². The number of hydrogen-bond acceptors (Lipinski definition) is 3. The average Bonchev–Trinajstić information content (AvgIpc) is 2.03. The molecule has 4 heteroatoms. The molecule has 0 bridgehead atoms. The summed E-state index contributed by atoms with van der Waals surface area (Å²) in [6, 6.07) is 0. The number of aliphatic carboxylic acids is 1. The van der Waals surface area contributed by atoms with Crippen LogP contribution in [0.1, 0.15) is 34.1 Å². The Kier molecular flexibility index (Phi) is 4.60. The van der Waals surface area contributed by atoms with Gasteiger partial charge in [-0.1, -0.05) is 20.8 Å². The molecule has 0 aliphatic rings. The van der Waals surface area contributed by atoms with E-state index in [0.29, 0.717) is 6.42 Å². The predicted molar refractivity (Wildman–Crippen MR) is 51.8 cm³/mol. The molecule has 1 N–H and O–H groups in total. The Labute approximate surface area is 84.3 Å². The third-order valence-electron chi connectivity index (χ3n) is 2.46. The Morgan fingerprint density at radius 3 is 2.14 bits per heavy atom. The summed E-state index contributed by atoms with van der Waals surface area (Å²) in [7, 11) is 0. The fourth-order valence-electron chi connectivity index (χ4n) is 1.18. The molecular weight excluding hydrogens is 184 g/mol. The van der Waals surface area contributed by atoms with Crippen LogP contribution in [0, 0.1) is 11.3 Å². The molecule has 0 fully saturated rings. The zero-order chi connectivity index (χ0) is 11.4. The normalized spacial score (nSPS) is 13.4. The molecule has 0 aromatic rings. The van der Waals surface area contributed by atoms with Crippen molar-refractivity contribution in [3.63, 3.8) is 0 Å². The van der Waals surface area contributed by atoms with Crippen molar-refractivity contribution >= 4 is 11.9 Å². The first kappa shape index (κ1) is 12.9. The van der Waals surface area contributed by atoms with Crippen molar-refractivity contribution in [3.8, 4) is 0 Å². The first-order valence-electron chi connectivity index (χ1n) is 4.76. The van der Waals surface area contributed by atoms with Crippen molar-refractivity contribution in [1.82, 2.24) is 0 Å².